The zero-order valence-electron chi connectivity index (χ0n) is 16.4. The van der Waals surface area contributed by atoms with E-state index in [9.17, 15) is 9.59 Å². The third-order valence-electron chi connectivity index (χ3n) is 6.04. The molecule has 1 saturated carbocycles. The molecule has 0 spiro atoms. The Labute approximate surface area is 166 Å². The number of ether oxygens (including phenoxy) is 1. The van der Waals surface area contributed by atoms with Crippen LogP contribution in [0.25, 0.3) is 0 Å². The average Bonchev–Trinajstić information content (AvgIpc) is 3.41. The molecule has 1 N–H and O–H groups in total. The molecule has 28 heavy (non-hydrogen) atoms. The van der Waals surface area contributed by atoms with Gasteiger partial charge in [-0.1, -0.05) is 12.8 Å². The van der Waals surface area contributed by atoms with Gasteiger partial charge in [-0.25, -0.2) is 9.78 Å². The first-order valence-electron chi connectivity index (χ1n) is 10.7. The van der Waals surface area contributed by atoms with Gasteiger partial charge in [0.15, 0.2) is 0 Å². The summed E-state index contributed by atoms with van der Waals surface area (Å²) in [6, 6.07) is 3.89. The van der Waals surface area contributed by atoms with Crippen LogP contribution in [-0.4, -0.2) is 65.0 Å². The Balaban J connectivity index is 1.35. The molecule has 3 amide bonds. The largest absolute Gasteiger partial charge is 0.472 e. The number of carbonyl (C=O) groups is 2. The van der Waals surface area contributed by atoms with Crippen LogP contribution in [0.4, 0.5) is 4.79 Å². The summed E-state index contributed by atoms with van der Waals surface area (Å²) in [7, 11) is 0. The van der Waals surface area contributed by atoms with E-state index in [4.69, 9.17) is 4.74 Å². The zero-order chi connectivity index (χ0) is 19.3. The maximum absolute atomic E-state index is 12.9. The van der Waals surface area contributed by atoms with Gasteiger partial charge in [-0.2, -0.15) is 0 Å². The first-order valence-corrected chi connectivity index (χ1v) is 10.7. The van der Waals surface area contributed by atoms with Crippen molar-refractivity contribution in [3.63, 3.8) is 0 Å². The molecule has 4 rings (SSSR count). The van der Waals surface area contributed by atoms with Crippen LogP contribution in [0.5, 0.6) is 5.88 Å². The Morgan fingerprint density at radius 2 is 1.79 bits per heavy atom. The van der Waals surface area contributed by atoms with Gasteiger partial charge in [-0.3, -0.25) is 4.79 Å². The van der Waals surface area contributed by atoms with Crippen LogP contribution in [0.2, 0.25) is 0 Å². The highest BCUT2D eigenvalue weighted by atomic mass is 16.5. The summed E-state index contributed by atoms with van der Waals surface area (Å²) in [5, 5.41) is 3.13. The number of amides is 3. The second-order valence-electron chi connectivity index (χ2n) is 8.11. The van der Waals surface area contributed by atoms with E-state index in [0.29, 0.717) is 30.6 Å². The van der Waals surface area contributed by atoms with Crippen LogP contribution in [0, 0.1) is 0 Å². The highest BCUT2D eigenvalue weighted by molar-refractivity contribution is 5.96. The molecule has 0 radical (unpaired) electrons. The van der Waals surface area contributed by atoms with Crippen molar-refractivity contribution in [1.29, 1.82) is 0 Å². The molecule has 3 aliphatic rings. The summed E-state index contributed by atoms with van der Waals surface area (Å²) in [5.41, 5.74) is 0.526. The Morgan fingerprint density at radius 3 is 2.57 bits per heavy atom. The Morgan fingerprint density at radius 1 is 1.00 bits per heavy atom. The number of aromatic nitrogens is 1. The second-order valence-corrected chi connectivity index (χ2v) is 8.11. The lowest BCUT2D eigenvalue weighted by molar-refractivity contribution is 0.0715. The van der Waals surface area contributed by atoms with E-state index in [1.807, 2.05) is 9.80 Å². The quantitative estimate of drug-likeness (QED) is 0.863. The SMILES string of the molecule is O=C(NC1CCCC1)N1CCC(Oc2ncccc2C(=O)N2CCCCC2)C1. The van der Waals surface area contributed by atoms with Crippen molar-refractivity contribution in [3.05, 3.63) is 23.9 Å². The molecule has 0 bridgehead atoms. The summed E-state index contributed by atoms with van der Waals surface area (Å²) < 4.78 is 6.09. The van der Waals surface area contributed by atoms with Gasteiger partial charge in [-0.15, -0.1) is 0 Å². The standard InChI is InChI=1S/C21H30N4O3/c26-20(24-12-4-1-5-13-24)18-9-6-11-22-19(18)28-17-10-14-25(15-17)21(27)23-16-7-2-3-8-16/h6,9,11,16-17H,1-5,7-8,10,12-15H2,(H,23,27). The normalized spacial score (nSPS) is 23.1. The van der Waals surface area contributed by atoms with Gasteiger partial charge in [0.25, 0.3) is 5.91 Å². The summed E-state index contributed by atoms with van der Waals surface area (Å²) >= 11 is 0. The molecule has 3 heterocycles. The van der Waals surface area contributed by atoms with Crippen molar-refractivity contribution in [1.82, 2.24) is 20.1 Å². The van der Waals surface area contributed by atoms with E-state index in [0.717, 1.165) is 45.2 Å². The van der Waals surface area contributed by atoms with Crippen molar-refractivity contribution < 1.29 is 14.3 Å². The number of hydrogen-bond donors (Lipinski definition) is 1. The van der Waals surface area contributed by atoms with Gasteiger partial charge in [0, 0.05) is 38.3 Å². The molecule has 0 aromatic carbocycles. The molecule has 1 aromatic heterocycles. The molecule has 2 saturated heterocycles. The molecule has 2 aliphatic heterocycles. The zero-order valence-corrected chi connectivity index (χ0v) is 16.4. The number of nitrogens with zero attached hydrogens (tertiary/aromatic N) is 3. The molecule has 1 atom stereocenters. The van der Waals surface area contributed by atoms with E-state index in [-0.39, 0.29) is 18.0 Å². The fourth-order valence-electron chi connectivity index (χ4n) is 4.42. The number of urea groups is 1. The summed E-state index contributed by atoms with van der Waals surface area (Å²) in [6.07, 6.45) is 10.1. The van der Waals surface area contributed by atoms with Gasteiger partial charge in [0.1, 0.15) is 11.7 Å². The second kappa shape index (κ2) is 8.80. The minimum atomic E-state index is -0.128. The minimum absolute atomic E-state index is 0.00312. The Hall–Kier alpha value is -2.31. The van der Waals surface area contributed by atoms with Crippen molar-refractivity contribution >= 4 is 11.9 Å². The van der Waals surface area contributed by atoms with Gasteiger partial charge in [0.05, 0.1) is 6.54 Å². The molecular weight excluding hydrogens is 356 g/mol. The lowest BCUT2D eigenvalue weighted by Gasteiger charge is -2.27. The van der Waals surface area contributed by atoms with Crippen LogP contribution in [-0.2, 0) is 0 Å². The highest BCUT2D eigenvalue weighted by Crippen LogP contribution is 2.24. The number of pyridine rings is 1. The molecule has 1 unspecified atom stereocenters. The monoisotopic (exact) mass is 386 g/mol. The predicted octanol–water partition coefficient (Wildman–Crippen LogP) is 2.81. The van der Waals surface area contributed by atoms with Crippen LogP contribution < -0.4 is 10.1 Å². The minimum Gasteiger partial charge on any atom is -0.472 e. The van der Waals surface area contributed by atoms with Crippen LogP contribution in [0.15, 0.2) is 18.3 Å². The summed E-state index contributed by atoms with van der Waals surface area (Å²) in [5.74, 6) is 0.387. The lowest BCUT2D eigenvalue weighted by atomic mass is 10.1. The lowest BCUT2D eigenvalue weighted by Crippen LogP contribution is -2.43. The summed E-state index contributed by atoms with van der Waals surface area (Å²) in [6.45, 7) is 2.80. The van der Waals surface area contributed by atoms with E-state index in [1.54, 1.807) is 18.3 Å². The van der Waals surface area contributed by atoms with Gasteiger partial charge >= 0.3 is 6.03 Å². The number of likely N-dealkylation sites (tertiary alicyclic amines) is 2. The number of piperidine rings is 1. The molecule has 7 nitrogen and oxygen atoms in total. The first-order chi connectivity index (χ1) is 13.7. The average molecular weight is 386 g/mol. The fraction of sp³-hybridized carbons (Fsp3) is 0.667. The number of carbonyl (C=O) groups excluding carboxylic acids is 2. The van der Waals surface area contributed by atoms with Gasteiger partial charge in [0.2, 0.25) is 5.88 Å². The highest BCUT2D eigenvalue weighted by Gasteiger charge is 2.31. The van der Waals surface area contributed by atoms with Crippen LogP contribution in [0.3, 0.4) is 0 Å². The van der Waals surface area contributed by atoms with Crippen LogP contribution in [0.1, 0.15) is 61.7 Å². The molecule has 1 aromatic rings. The summed E-state index contributed by atoms with van der Waals surface area (Å²) in [4.78, 5) is 33.4. The number of rotatable bonds is 4. The van der Waals surface area contributed by atoms with E-state index >= 15 is 0 Å². The molecular formula is C21H30N4O3. The molecule has 3 fully saturated rings. The third-order valence-corrected chi connectivity index (χ3v) is 6.04. The van der Waals surface area contributed by atoms with E-state index in [2.05, 4.69) is 10.3 Å². The molecule has 7 heteroatoms. The molecule has 1 aliphatic carbocycles. The number of nitrogens with one attached hydrogen (secondary N) is 1. The Bertz CT molecular complexity index is 699. The van der Waals surface area contributed by atoms with Crippen molar-refractivity contribution in [2.75, 3.05) is 26.2 Å². The smallest absolute Gasteiger partial charge is 0.317 e. The first kappa shape index (κ1) is 19.0. The van der Waals surface area contributed by atoms with Gasteiger partial charge in [-0.05, 0) is 44.2 Å². The van der Waals surface area contributed by atoms with E-state index < -0.39 is 0 Å². The maximum atomic E-state index is 12.9. The number of hydrogen-bond acceptors (Lipinski definition) is 4. The fourth-order valence-corrected chi connectivity index (χ4v) is 4.42. The molecule has 152 valence electrons. The third kappa shape index (κ3) is 4.39. The van der Waals surface area contributed by atoms with Gasteiger partial charge < -0.3 is 19.9 Å². The topological polar surface area (TPSA) is 74.8 Å². The van der Waals surface area contributed by atoms with Crippen molar-refractivity contribution in [2.45, 2.75) is 63.5 Å². The van der Waals surface area contributed by atoms with E-state index in [1.165, 1.54) is 19.3 Å². The maximum Gasteiger partial charge on any atom is 0.317 e. The van der Waals surface area contributed by atoms with Crippen LogP contribution >= 0.6 is 0 Å². The van der Waals surface area contributed by atoms with Crippen molar-refractivity contribution in [3.8, 4) is 5.88 Å². The predicted molar refractivity (Wildman–Crippen MR) is 105 cm³/mol. The van der Waals surface area contributed by atoms with Crippen molar-refractivity contribution in [2.24, 2.45) is 0 Å². The Kier molecular flexibility index (Phi) is 5.98.